The second kappa shape index (κ2) is 5.69. The van der Waals surface area contributed by atoms with E-state index < -0.39 is 0 Å². The Labute approximate surface area is 86.6 Å². The molecular formula is C11H22N2O. The van der Waals surface area contributed by atoms with Gasteiger partial charge in [-0.1, -0.05) is 0 Å². The summed E-state index contributed by atoms with van der Waals surface area (Å²) in [7, 11) is 0. The average molecular weight is 198 g/mol. The lowest BCUT2D eigenvalue weighted by Gasteiger charge is -2.28. The molecular weight excluding hydrogens is 176 g/mol. The van der Waals surface area contributed by atoms with Crippen LogP contribution in [0.25, 0.3) is 0 Å². The van der Waals surface area contributed by atoms with Gasteiger partial charge in [0.15, 0.2) is 0 Å². The van der Waals surface area contributed by atoms with E-state index in [1.54, 1.807) is 0 Å². The molecule has 14 heavy (non-hydrogen) atoms. The van der Waals surface area contributed by atoms with Crippen molar-refractivity contribution < 1.29 is 4.74 Å². The van der Waals surface area contributed by atoms with E-state index in [4.69, 9.17) is 4.74 Å². The van der Waals surface area contributed by atoms with E-state index in [2.05, 4.69) is 10.6 Å². The summed E-state index contributed by atoms with van der Waals surface area (Å²) in [5, 5.41) is 7.06. The Balaban J connectivity index is 1.60. The minimum atomic E-state index is 0.748. The first-order valence-corrected chi connectivity index (χ1v) is 5.97. The molecule has 0 aromatic carbocycles. The van der Waals surface area contributed by atoms with Gasteiger partial charge in [-0.2, -0.15) is 0 Å². The molecule has 3 heteroatoms. The number of hydrogen-bond acceptors (Lipinski definition) is 3. The molecule has 1 unspecified atom stereocenters. The first-order chi connectivity index (χ1) is 6.95. The zero-order valence-corrected chi connectivity index (χ0v) is 8.93. The van der Waals surface area contributed by atoms with Gasteiger partial charge in [0.05, 0.1) is 6.61 Å². The van der Waals surface area contributed by atoms with Crippen molar-refractivity contribution in [3.8, 4) is 0 Å². The molecule has 2 saturated heterocycles. The third kappa shape index (κ3) is 3.23. The van der Waals surface area contributed by atoms with Gasteiger partial charge in [0.2, 0.25) is 0 Å². The van der Waals surface area contributed by atoms with Crippen LogP contribution in [0.2, 0.25) is 0 Å². The molecule has 2 fully saturated rings. The van der Waals surface area contributed by atoms with Gasteiger partial charge in [0.25, 0.3) is 0 Å². The summed E-state index contributed by atoms with van der Waals surface area (Å²) in [6.07, 6.45) is 5.16. The second-order valence-electron chi connectivity index (χ2n) is 4.52. The van der Waals surface area contributed by atoms with Gasteiger partial charge >= 0.3 is 0 Å². The van der Waals surface area contributed by atoms with Crippen molar-refractivity contribution in [3.63, 3.8) is 0 Å². The number of hydrogen-bond donors (Lipinski definition) is 2. The Bertz CT molecular complexity index is 133. The van der Waals surface area contributed by atoms with Crippen LogP contribution in [0.1, 0.15) is 25.7 Å². The standard InChI is InChI=1S/C11H22N2O/c1-2-10(9-14-7-1)8-13-11-3-5-12-6-4-11/h10-13H,1-9H2. The molecule has 0 amide bonds. The van der Waals surface area contributed by atoms with Gasteiger partial charge in [-0.25, -0.2) is 0 Å². The van der Waals surface area contributed by atoms with Crippen LogP contribution < -0.4 is 10.6 Å². The second-order valence-corrected chi connectivity index (χ2v) is 4.52. The predicted molar refractivity (Wildman–Crippen MR) is 57.4 cm³/mol. The van der Waals surface area contributed by atoms with Crippen molar-refractivity contribution in [2.75, 3.05) is 32.8 Å². The fourth-order valence-electron chi connectivity index (χ4n) is 2.33. The Kier molecular flexibility index (Phi) is 4.22. The Morgan fingerprint density at radius 2 is 2.07 bits per heavy atom. The van der Waals surface area contributed by atoms with E-state index in [1.165, 1.54) is 38.8 Å². The lowest BCUT2D eigenvalue weighted by Crippen LogP contribution is -2.42. The van der Waals surface area contributed by atoms with E-state index >= 15 is 0 Å². The molecule has 1 atom stereocenters. The number of nitrogens with one attached hydrogen (secondary N) is 2. The Morgan fingerprint density at radius 3 is 2.79 bits per heavy atom. The number of ether oxygens (including phenoxy) is 1. The van der Waals surface area contributed by atoms with Crippen molar-refractivity contribution in [1.29, 1.82) is 0 Å². The molecule has 0 aromatic rings. The molecule has 2 rings (SSSR count). The molecule has 0 spiro atoms. The lowest BCUT2D eigenvalue weighted by atomic mass is 10.0. The minimum Gasteiger partial charge on any atom is -0.381 e. The Morgan fingerprint density at radius 1 is 1.21 bits per heavy atom. The maximum atomic E-state index is 5.47. The van der Waals surface area contributed by atoms with Gasteiger partial charge < -0.3 is 15.4 Å². The van der Waals surface area contributed by atoms with Crippen molar-refractivity contribution in [2.45, 2.75) is 31.7 Å². The molecule has 0 radical (unpaired) electrons. The molecule has 2 aliphatic heterocycles. The van der Waals surface area contributed by atoms with Crippen molar-refractivity contribution >= 4 is 0 Å². The van der Waals surface area contributed by atoms with Crippen molar-refractivity contribution in [2.24, 2.45) is 5.92 Å². The van der Waals surface area contributed by atoms with E-state index in [1.807, 2.05) is 0 Å². The first kappa shape index (κ1) is 10.4. The summed E-state index contributed by atoms with van der Waals surface area (Å²) in [6.45, 7) is 5.46. The van der Waals surface area contributed by atoms with Crippen molar-refractivity contribution in [1.82, 2.24) is 10.6 Å². The van der Waals surface area contributed by atoms with Crippen molar-refractivity contribution in [3.05, 3.63) is 0 Å². The molecule has 0 aliphatic carbocycles. The third-order valence-corrected chi connectivity index (χ3v) is 3.29. The van der Waals surface area contributed by atoms with Crippen LogP contribution in [0.15, 0.2) is 0 Å². The van der Waals surface area contributed by atoms with E-state index in [0.29, 0.717) is 0 Å². The molecule has 3 nitrogen and oxygen atoms in total. The SMILES string of the molecule is C1COCC(CNC2CCNCC2)C1. The maximum Gasteiger partial charge on any atom is 0.0506 e. The fourth-order valence-corrected chi connectivity index (χ4v) is 2.33. The third-order valence-electron chi connectivity index (χ3n) is 3.29. The average Bonchev–Trinajstić information content (AvgIpc) is 2.29. The summed E-state index contributed by atoms with van der Waals surface area (Å²) < 4.78 is 5.47. The Hall–Kier alpha value is -0.120. The topological polar surface area (TPSA) is 33.3 Å². The van der Waals surface area contributed by atoms with Gasteiger partial charge in [-0.15, -0.1) is 0 Å². The normalized spacial score (nSPS) is 30.4. The van der Waals surface area contributed by atoms with E-state index in [0.717, 1.165) is 31.7 Å². The van der Waals surface area contributed by atoms with Crippen LogP contribution in [0.3, 0.4) is 0 Å². The zero-order chi connectivity index (χ0) is 9.64. The fraction of sp³-hybridized carbons (Fsp3) is 1.00. The maximum absolute atomic E-state index is 5.47. The molecule has 0 saturated carbocycles. The summed E-state index contributed by atoms with van der Waals surface area (Å²) >= 11 is 0. The van der Waals surface area contributed by atoms with Gasteiger partial charge in [0, 0.05) is 19.2 Å². The zero-order valence-electron chi connectivity index (χ0n) is 8.93. The summed E-state index contributed by atoms with van der Waals surface area (Å²) in [6, 6.07) is 0.748. The quantitative estimate of drug-likeness (QED) is 0.702. The first-order valence-electron chi connectivity index (χ1n) is 5.97. The highest BCUT2D eigenvalue weighted by atomic mass is 16.5. The van der Waals surface area contributed by atoms with Crippen LogP contribution in [-0.2, 0) is 4.74 Å². The summed E-state index contributed by atoms with van der Waals surface area (Å²) in [5.41, 5.74) is 0. The van der Waals surface area contributed by atoms with Crippen LogP contribution in [-0.4, -0.2) is 38.9 Å². The van der Waals surface area contributed by atoms with Crippen LogP contribution in [0, 0.1) is 5.92 Å². The van der Waals surface area contributed by atoms with Crippen LogP contribution in [0.5, 0.6) is 0 Å². The summed E-state index contributed by atoms with van der Waals surface area (Å²) in [4.78, 5) is 0. The molecule has 82 valence electrons. The molecule has 0 aromatic heterocycles. The van der Waals surface area contributed by atoms with Crippen LogP contribution in [0.4, 0.5) is 0 Å². The van der Waals surface area contributed by atoms with Gasteiger partial charge in [0.1, 0.15) is 0 Å². The highest BCUT2D eigenvalue weighted by Crippen LogP contribution is 2.13. The molecule has 2 N–H and O–H groups in total. The van der Waals surface area contributed by atoms with Gasteiger partial charge in [-0.05, 0) is 44.7 Å². The smallest absolute Gasteiger partial charge is 0.0506 e. The molecule has 2 aliphatic rings. The van der Waals surface area contributed by atoms with Crippen LogP contribution >= 0.6 is 0 Å². The number of rotatable bonds is 3. The monoisotopic (exact) mass is 198 g/mol. The largest absolute Gasteiger partial charge is 0.381 e. The highest BCUT2D eigenvalue weighted by molar-refractivity contribution is 4.76. The van der Waals surface area contributed by atoms with E-state index in [9.17, 15) is 0 Å². The minimum absolute atomic E-state index is 0.748. The molecule has 0 bridgehead atoms. The highest BCUT2D eigenvalue weighted by Gasteiger charge is 2.17. The summed E-state index contributed by atoms with van der Waals surface area (Å²) in [5.74, 6) is 0.763. The predicted octanol–water partition coefficient (Wildman–Crippen LogP) is 0.755. The molecule has 2 heterocycles. The van der Waals surface area contributed by atoms with E-state index in [-0.39, 0.29) is 0 Å². The lowest BCUT2D eigenvalue weighted by molar-refractivity contribution is 0.0534. The number of piperidine rings is 1. The van der Waals surface area contributed by atoms with Gasteiger partial charge in [-0.3, -0.25) is 0 Å².